The minimum Gasteiger partial charge on any atom is -0.340 e. The SMILES string of the molecule is Cl.Cl.NC1C2CCC(C2)C1C(=O)N1CCN2CCCC2C1. The number of amides is 1. The highest BCUT2D eigenvalue weighted by Crippen LogP contribution is 2.48. The van der Waals surface area contributed by atoms with Crippen LogP contribution < -0.4 is 5.73 Å². The Morgan fingerprint density at radius 1 is 1.00 bits per heavy atom. The summed E-state index contributed by atoms with van der Waals surface area (Å²) in [6, 6.07) is 0.778. The molecule has 2 aliphatic carbocycles. The zero-order valence-electron chi connectivity index (χ0n) is 12.4. The van der Waals surface area contributed by atoms with Gasteiger partial charge in [0.25, 0.3) is 0 Å². The average Bonchev–Trinajstić information content (AvgIpc) is 3.12. The van der Waals surface area contributed by atoms with Gasteiger partial charge < -0.3 is 10.6 Å². The molecule has 1 amide bonds. The molecule has 2 aliphatic heterocycles. The number of piperazine rings is 1. The molecule has 0 spiro atoms. The highest BCUT2D eigenvalue weighted by Gasteiger charge is 2.50. The van der Waals surface area contributed by atoms with Gasteiger partial charge in [0.2, 0.25) is 5.91 Å². The third-order valence-electron chi connectivity index (χ3n) is 6.16. The Morgan fingerprint density at radius 2 is 1.76 bits per heavy atom. The lowest BCUT2D eigenvalue weighted by atomic mass is 9.83. The first kappa shape index (κ1) is 17.3. The van der Waals surface area contributed by atoms with Crippen LogP contribution in [0.3, 0.4) is 0 Å². The van der Waals surface area contributed by atoms with Crippen LogP contribution in [0.25, 0.3) is 0 Å². The molecule has 4 aliphatic rings. The van der Waals surface area contributed by atoms with Crippen molar-refractivity contribution in [2.24, 2.45) is 23.5 Å². The van der Waals surface area contributed by atoms with E-state index in [1.54, 1.807) is 0 Å². The molecular weight excluding hydrogens is 309 g/mol. The van der Waals surface area contributed by atoms with E-state index in [1.807, 2.05) is 0 Å². The van der Waals surface area contributed by atoms with E-state index in [4.69, 9.17) is 5.73 Å². The summed E-state index contributed by atoms with van der Waals surface area (Å²) in [6.45, 7) is 4.20. The molecule has 2 saturated heterocycles. The van der Waals surface area contributed by atoms with Crippen LogP contribution in [0.5, 0.6) is 0 Å². The molecule has 2 bridgehead atoms. The summed E-state index contributed by atoms with van der Waals surface area (Å²) in [6.07, 6.45) is 6.28. The minimum absolute atomic E-state index is 0. The maximum Gasteiger partial charge on any atom is 0.227 e. The second-order valence-corrected chi connectivity index (χ2v) is 7.05. The molecule has 0 aromatic heterocycles. The van der Waals surface area contributed by atoms with Gasteiger partial charge in [-0.1, -0.05) is 0 Å². The molecule has 0 aromatic rings. The summed E-state index contributed by atoms with van der Waals surface area (Å²) in [5.74, 6) is 1.75. The van der Waals surface area contributed by atoms with Gasteiger partial charge >= 0.3 is 0 Å². The molecule has 4 rings (SSSR count). The van der Waals surface area contributed by atoms with Crippen LogP contribution in [0.1, 0.15) is 32.1 Å². The Balaban J connectivity index is 0.000000807. The number of carbonyl (C=O) groups is 1. The summed E-state index contributed by atoms with van der Waals surface area (Å²) in [4.78, 5) is 17.5. The number of rotatable bonds is 1. The van der Waals surface area contributed by atoms with Crippen LogP contribution in [0, 0.1) is 17.8 Å². The highest BCUT2D eigenvalue weighted by atomic mass is 35.5. The molecular formula is C15H27Cl2N3O. The predicted molar refractivity (Wildman–Crippen MR) is 88.0 cm³/mol. The second kappa shape index (κ2) is 6.61. The maximum atomic E-state index is 12.8. The van der Waals surface area contributed by atoms with Crippen LogP contribution in [0.4, 0.5) is 0 Å². The Labute approximate surface area is 139 Å². The largest absolute Gasteiger partial charge is 0.340 e. The van der Waals surface area contributed by atoms with Crippen molar-refractivity contribution in [1.29, 1.82) is 0 Å². The van der Waals surface area contributed by atoms with E-state index >= 15 is 0 Å². The Bertz CT molecular complexity index is 393. The number of carbonyl (C=O) groups excluding carboxylic acids is 1. The van der Waals surface area contributed by atoms with Crippen LogP contribution in [-0.4, -0.2) is 54.0 Å². The lowest BCUT2D eigenvalue weighted by molar-refractivity contribution is -0.140. The molecule has 2 N–H and O–H groups in total. The topological polar surface area (TPSA) is 49.6 Å². The third-order valence-corrected chi connectivity index (χ3v) is 6.16. The first-order chi connectivity index (χ1) is 9.24. The van der Waals surface area contributed by atoms with Crippen LogP contribution in [0.15, 0.2) is 0 Å². The highest BCUT2D eigenvalue weighted by molar-refractivity contribution is 5.85. The number of hydrogen-bond acceptors (Lipinski definition) is 3. The van der Waals surface area contributed by atoms with E-state index in [2.05, 4.69) is 9.80 Å². The molecule has 21 heavy (non-hydrogen) atoms. The summed E-state index contributed by atoms with van der Waals surface area (Å²) < 4.78 is 0. The number of nitrogens with zero attached hydrogens (tertiary/aromatic N) is 2. The number of fused-ring (bicyclic) bond motifs is 3. The standard InChI is InChI=1S/C15H25N3O.2ClH/c16-14-11-4-3-10(8-11)13(14)15(19)18-7-6-17-5-1-2-12(17)9-18;;/h10-14H,1-9,16H2;2*1H. The molecule has 5 atom stereocenters. The van der Waals surface area contributed by atoms with E-state index < -0.39 is 0 Å². The van der Waals surface area contributed by atoms with E-state index in [0.717, 1.165) is 19.6 Å². The normalized spacial score (nSPS) is 41.4. The van der Waals surface area contributed by atoms with Crippen molar-refractivity contribution >= 4 is 30.7 Å². The molecule has 6 heteroatoms. The van der Waals surface area contributed by atoms with Gasteiger partial charge in [-0.05, 0) is 50.5 Å². The fourth-order valence-electron chi connectivity index (χ4n) is 5.10. The average molecular weight is 336 g/mol. The first-order valence-corrected chi connectivity index (χ1v) is 8.02. The van der Waals surface area contributed by atoms with Gasteiger partial charge in [0, 0.05) is 31.7 Å². The Kier molecular flexibility index (Phi) is 5.45. The lowest BCUT2D eigenvalue weighted by Crippen LogP contribution is -2.56. The molecule has 2 saturated carbocycles. The fourth-order valence-corrected chi connectivity index (χ4v) is 5.10. The zero-order valence-corrected chi connectivity index (χ0v) is 14.1. The number of halogens is 2. The minimum atomic E-state index is 0. The Morgan fingerprint density at radius 3 is 2.48 bits per heavy atom. The number of nitrogens with two attached hydrogens (primary N) is 1. The van der Waals surface area contributed by atoms with Crippen molar-refractivity contribution < 1.29 is 4.79 Å². The summed E-state index contributed by atoms with van der Waals surface area (Å²) in [5, 5.41) is 0. The van der Waals surface area contributed by atoms with Crippen molar-refractivity contribution in [2.75, 3.05) is 26.2 Å². The summed E-state index contributed by atoms with van der Waals surface area (Å²) in [5.41, 5.74) is 6.32. The van der Waals surface area contributed by atoms with E-state index in [-0.39, 0.29) is 36.8 Å². The quantitative estimate of drug-likeness (QED) is 0.790. The molecule has 2 heterocycles. The van der Waals surface area contributed by atoms with E-state index in [1.165, 1.54) is 38.6 Å². The molecule has 0 aromatic carbocycles. The monoisotopic (exact) mass is 335 g/mol. The number of hydrogen-bond donors (Lipinski definition) is 1. The van der Waals surface area contributed by atoms with Crippen LogP contribution in [-0.2, 0) is 4.79 Å². The van der Waals surface area contributed by atoms with E-state index in [0.29, 0.717) is 23.8 Å². The van der Waals surface area contributed by atoms with Crippen molar-refractivity contribution in [1.82, 2.24) is 9.80 Å². The second-order valence-electron chi connectivity index (χ2n) is 7.05. The summed E-state index contributed by atoms with van der Waals surface area (Å²) >= 11 is 0. The molecule has 4 nitrogen and oxygen atoms in total. The van der Waals surface area contributed by atoms with Gasteiger partial charge in [-0.25, -0.2) is 0 Å². The fraction of sp³-hybridized carbons (Fsp3) is 0.933. The predicted octanol–water partition coefficient (Wildman–Crippen LogP) is 1.51. The summed E-state index contributed by atoms with van der Waals surface area (Å²) in [7, 11) is 0. The third kappa shape index (κ3) is 2.80. The molecule has 5 unspecified atom stereocenters. The zero-order chi connectivity index (χ0) is 13.0. The van der Waals surface area contributed by atoms with Crippen LogP contribution >= 0.6 is 24.8 Å². The van der Waals surface area contributed by atoms with Gasteiger partial charge in [-0.3, -0.25) is 9.69 Å². The van der Waals surface area contributed by atoms with Crippen LogP contribution in [0.2, 0.25) is 0 Å². The van der Waals surface area contributed by atoms with Crippen molar-refractivity contribution in [2.45, 2.75) is 44.2 Å². The van der Waals surface area contributed by atoms with Gasteiger partial charge in [0.05, 0.1) is 5.92 Å². The molecule has 0 radical (unpaired) electrons. The van der Waals surface area contributed by atoms with Crippen molar-refractivity contribution in [3.63, 3.8) is 0 Å². The van der Waals surface area contributed by atoms with E-state index in [9.17, 15) is 4.79 Å². The van der Waals surface area contributed by atoms with Gasteiger partial charge in [0.1, 0.15) is 0 Å². The van der Waals surface area contributed by atoms with Gasteiger partial charge in [-0.2, -0.15) is 0 Å². The molecule has 4 fully saturated rings. The Hall–Kier alpha value is -0.0300. The lowest BCUT2D eigenvalue weighted by Gasteiger charge is -2.40. The molecule has 122 valence electrons. The van der Waals surface area contributed by atoms with Crippen molar-refractivity contribution in [3.05, 3.63) is 0 Å². The van der Waals surface area contributed by atoms with Gasteiger partial charge in [0.15, 0.2) is 0 Å². The van der Waals surface area contributed by atoms with Crippen molar-refractivity contribution in [3.8, 4) is 0 Å². The maximum absolute atomic E-state index is 12.8. The smallest absolute Gasteiger partial charge is 0.227 e. The van der Waals surface area contributed by atoms with Gasteiger partial charge in [-0.15, -0.1) is 24.8 Å². The first-order valence-electron chi connectivity index (χ1n) is 8.02.